The fourth-order valence-electron chi connectivity index (χ4n) is 3.88. The molecule has 0 radical (unpaired) electrons. The second kappa shape index (κ2) is 8.99. The molecular formula is C22H26BrN5. The maximum Gasteiger partial charge on any atom is 0.135 e. The number of rotatable bonds is 6. The first-order chi connectivity index (χ1) is 13.7. The lowest BCUT2D eigenvalue weighted by molar-refractivity contribution is 0.0896. The topological polar surface area (TPSA) is 44.3 Å². The molecule has 4 rings (SSSR count). The Kier molecular flexibility index (Phi) is 6.20. The summed E-state index contributed by atoms with van der Waals surface area (Å²) in [5, 5.41) is 4.56. The van der Waals surface area contributed by atoms with E-state index in [1.807, 2.05) is 18.5 Å². The van der Waals surface area contributed by atoms with Crippen molar-refractivity contribution in [2.45, 2.75) is 12.5 Å². The van der Waals surface area contributed by atoms with Crippen LogP contribution in [0.25, 0.3) is 10.9 Å². The first-order valence-electron chi connectivity index (χ1n) is 9.83. The molecule has 1 N–H and O–H groups in total. The molecule has 0 aliphatic carbocycles. The number of anilines is 1. The summed E-state index contributed by atoms with van der Waals surface area (Å²) in [5.41, 5.74) is 2.36. The van der Waals surface area contributed by atoms with Gasteiger partial charge in [0, 0.05) is 56.5 Å². The molecule has 0 amide bonds. The lowest BCUT2D eigenvalue weighted by Crippen LogP contribution is -2.47. The summed E-state index contributed by atoms with van der Waals surface area (Å²) in [6, 6.07) is 15.4. The molecule has 1 aliphatic heterocycles. The Hall–Kier alpha value is -2.02. The third-order valence-electron chi connectivity index (χ3n) is 5.39. The normalized spacial score (nSPS) is 18.4. The van der Waals surface area contributed by atoms with Gasteiger partial charge in [-0.1, -0.05) is 30.3 Å². The van der Waals surface area contributed by atoms with Gasteiger partial charge in [0.05, 0.1) is 9.99 Å². The second-order valence-corrected chi connectivity index (χ2v) is 8.21. The predicted molar refractivity (Wildman–Crippen MR) is 119 cm³/mol. The molecule has 2 aromatic heterocycles. The predicted octanol–water partition coefficient (Wildman–Crippen LogP) is 4.18. The lowest BCUT2D eigenvalue weighted by Gasteiger charge is -2.40. The van der Waals surface area contributed by atoms with E-state index in [1.54, 1.807) is 0 Å². The monoisotopic (exact) mass is 439 g/mol. The number of nitrogens with one attached hydrogen (secondary N) is 1. The summed E-state index contributed by atoms with van der Waals surface area (Å²) in [6.45, 7) is 5.29. The Morgan fingerprint density at radius 1 is 1.11 bits per heavy atom. The van der Waals surface area contributed by atoms with Gasteiger partial charge in [-0.15, -0.1) is 0 Å². The van der Waals surface area contributed by atoms with Crippen molar-refractivity contribution in [3.8, 4) is 0 Å². The molecule has 1 fully saturated rings. The number of hydrogen-bond donors (Lipinski definition) is 1. The maximum atomic E-state index is 4.54. The highest BCUT2D eigenvalue weighted by Gasteiger charge is 2.25. The molecule has 1 unspecified atom stereocenters. The maximum absolute atomic E-state index is 4.54. The molecule has 1 aromatic carbocycles. The summed E-state index contributed by atoms with van der Waals surface area (Å²) >= 11 is 3.54. The van der Waals surface area contributed by atoms with Gasteiger partial charge in [-0.05, 0) is 47.1 Å². The zero-order valence-electron chi connectivity index (χ0n) is 16.2. The summed E-state index contributed by atoms with van der Waals surface area (Å²) in [7, 11) is 2.22. The Bertz CT molecular complexity index is 917. The molecule has 146 valence electrons. The van der Waals surface area contributed by atoms with Crippen molar-refractivity contribution in [1.29, 1.82) is 0 Å². The van der Waals surface area contributed by atoms with Crippen molar-refractivity contribution in [1.82, 2.24) is 19.8 Å². The average Bonchev–Trinajstić information content (AvgIpc) is 2.74. The molecule has 6 heteroatoms. The van der Waals surface area contributed by atoms with Crippen molar-refractivity contribution < 1.29 is 0 Å². The minimum absolute atomic E-state index is 0.468. The molecule has 3 aromatic rings. The van der Waals surface area contributed by atoms with Crippen LogP contribution in [0.2, 0.25) is 0 Å². The molecule has 0 saturated carbocycles. The van der Waals surface area contributed by atoms with Crippen LogP contribution in [-0.2, 0) is 0 Å². The Labute approximate surface area is 174 Å². The Morgan fingerprint density at radius 2 is 1.96 bits per heavy atom. The largest absolute Gasteiger partial charge is 0.369 e. The van der Waals surface area contributed by atoms with E-state index in [0.29, 0.717) is 6.04 Å². The van der Waals surface area contributed by atoms with Gasteiger partial charge in [0.25, 0.3) is 0 Å². The van der Waals surface area contributed by atoms with Crippen molar-refractivity contribution in [3.05, 3.63) is 64.9 Å². The van der Waals surface area contributed by atoms with E-state index in [2.05, 4.69) is 84.5 Å². The fourth-order valence-corrected chi connectivity index (χ4v) is 4.30. The number of benzene rings is 1. The SMILES string of the molecule is CN1CCN(CCCNc2ncc(Br)c3ncccc23)C(c2ccccc2)C1. The minimum Gasteiger partial charge on any atom is -0.369 e. The van der Waals surface area contributed by atoms with Gasteiger partial charge in [0.1, 0.15) is 5.82 Å². The van der Waals surface area contributed by atoms with Gasteiger partial charge >= 0.3 is 0 Å². The highest BCUT2D eigenvalue weighted by Crippen LogP contribution is 2.27. The molecule has 1 aliphatic rings. The van der Waals surface area contributed by atoms with Gasteiger partial charge in [-0.2, -0.15) is 0 Å². The van der Waals surface area contributed by atoms with Crippen molar-refractivity contribution in [2.75, 3.05) is 45.1 Å². The standard InChI is InChI=1S/C22H26BrN5/c1-27-13-14-28(20(16-27)17-7-3-2-4-8-17)12-6-11-25-22-18-9-5-10-24-21(18)19(23)15-26-22/h2-5,7-10,15,20H,6,11-14,16H2,1H3,(H,25,26). The molecule has 0 spiro atoms. The van der Waals surface area contributed by atoms with E-state index < -0.39 is 0 Å². The highest BCUT2D eigenvalue weighted by molar-refractivity contribution is 9.10. The second-order valence-electron chi connectivity index (χ2n) is 7.36. The van der Waals surface area contributed by atoms with Gasteiger partial charge in [0.15, 0.2) is 0 Å². The van der Waals surface area contributed by atoms with Gasteiger partial charge in [-0.25, -0.2) is 4.98 Å². The van der Waals surface area contributed by atoms with E-state index in [0.717, 1.165) is 60.3 Å². The van der Waals surface area contributed by atoms with Gasteiger partial charge < -0.3 is 10.2 Å². The first kappa shape index (κ1) is 19.3. The fraction of sp³-hybridized carbons (Fsp3) is 0.364. The third kappa shape index (κ3) is 4.35. The van der Waals surface area contributed by atoms with Crippen LogP contribution >= 0.6 is 15.9 Å². The van der Waals surface area contributed by atoms with Crippen molar-refractivity contribution in [3.63, 3.8) is 0 Å². The Morgan fingerprint density at radius 3 is 2.82 bits per heavy atom. The van der Waals surface area contributed by atoms with Crippen molar-refractivity contribution >= 4 is 32.7 Å². The van der Waals surface area contributed by atoms with Crippen LogP contribution in [0.15, 0.2) is 59.3 Å². The summed E-state index contributed by atoms with van der Waals surface area (Å²) < 4.78 is 0.928. The highest BCUT2D eigenvalue weighted by atomic mass is 79.9. The molecule has 28 heavy (non-hydrogen) atoms. The van der Waals surface area contributed by atoms with Crippen LogP contribution in [0, 0.1) is 0 Å². The molecule has 1 atom stereocenters. The van der Waals surface area contributed by atoms with Gasteiger partial charge in [-0.3, -0.25) is 9.88 Å². The van der Waals surface area contributed by atoms with Crippen LogP contribution in [0.5, 0.6) is 0 Å². The van der Waals surface area contributed by atoms with E-state index in [-0.39, 0.29) is 0 Å². The van der Waals surface area contributed by atoms with E-state index >= 15 is 0 Å². The summed E-state index contributed by atoms with van der Waals surface area (Å²) in [6.07, 6.45) is 4.71. The third-order valence-corrected chi connectivity index (χ3v) is 5.97. The van der Waals surface area contributed by atoms with Gasteiger partial charge in [0.2, 0.25) is 0 Å². The lowest BCUT2D eigenvalue weighted by atomic mass is 10.0. The number of nitrogens with zero attached hydrogens (tertiary/aromatic N) is 4. The number of hydrogen-bond acceptors (Lipinski definition) is 5. The van der Waals surface area contributed by atoms with Crippen LogP contribution in [0.4, 0.5) is 5.82 Å². The minimum atomic E-state index is 0.468. The summed E-state index contributed by atoms with van der Waals surface area (Å²) in [4.78, 5) is 14.0. The zero-order chi connectivity index (χ0) is 19.3. The van der Waals surface area contributed by atoms with Crippen molar-refractivity contribution in [2.24, 2.45) is 0 Å². The van der Waals surface area contributed by atoms with Crippen LogP contribution in [0.3, 0.4) is 0 Å². The zero-order valence-corrected chi connectivity index (χ0v) is 17.8. The van der Waals surface area contributed by atoms with Crippen LogP contribution in [-0.4, -0.2) is 59.5 Å². The average molecular weight is 440 g/mol. The Balaban J connectivity index is 1.38. The number of piperazine rings is 1. The molecule has 3 heterocycles. The smallest absolute Gasteiger partial charge is 0.135 e. The van der Waals surface area contributed by atoms with E-state index in [4.69, 9.17) is 0 Å². The first-order valence-corrected chi connectivity index (χ1v) is 10.6. The summed E-state index contributed by atoms with van der Waals surface area (Å²) in [5.74, 6) is 0.907. The van der Waals surface area contributed by atoms with E-state index in [9.17, 15) is 0 Å². The number of likely N-dealkylation sites (N-methyl/N-ethyl adjacent to an activating group) is 1. The molecular weight excluding hydrogens is 414 g/mol. The van der Waals surface area contributed by atoms with E-state index in [1.165, 1.54) is 5.56 Å². The number of aromatic nitrogens is 2. The number of halogens is 1. The molecule has 0 bridgehead atoms. The molecule has 5 nitrogen and oxygen atoms in total. The van der Waals surface area contributed by atoms with Crippen LogP contribution in [0.1, 0.15) is 18.0 Å². The van der Waals surface area contributed by atoms with Crippen LogP contribution < -0.4 is 5.32 Å². The molecule has 1 saturated heterocycles. The number of pyridine rings is 2. The number of fused-ring (bicyclic) bond motifs is 1. The quantitative estimate of drug-likeness (QED) is 0.583.